The number of nitrogens with zero attached hydrogens (tertiary/aromatic N) is 1. The van der Waals surface area contributed by atoms with E-state index in [9.17, 15) is 14.7 Å². The number of aliphatic hydroxyl groups excluding tert-OH is 1. The number of aliphatic hydroxyl groups is 1. The fourth-order valence-electron chi connectivity index (χ4n) is 3.75. The molecule has 33 heavy (non-hydrogen) atoms. The molecule has 0 unspecified atom stereocenters. The van der Waals surface area contributed by atoms with Gasteiger partial charge in [0.15, 0.2) is 0 Å². The summed E-state index contributed by atoms with van der Waals surface area (Å²) in [6.07, 6.45) is 15.1. The third kappa shape index (κ3) is 23.8. The lowest BCUT2D eigenvalue weighted by Crippen LogP contribution is -2.29. The smallest absolute Gasteiger partial charge is 0.306 e. The average molecular weight is 472 g/mol. The Bertz CT molecular complexity index is 476. The molecule has 0 saturated heterocycles. The molecule has 0 saturated carbocycles. The van der Waals surface area contributed by atoms with Crippen LogP contribution in [0.25, 0.3) is 0 Å². The fraction of sp³-hybridized carbons (Fsp3) is 0.926. The Hall–Kier alpha value is -1.14. The monoisotopic (exact) mass is 471 g/mol. The molecule has 1 N–H and O–H groups in total. The molecule has 0 bridgehead atoms. The summed E-state index contributed by atoms with van der Waals surface area (Å²) < 4.78 is 10.6. The third-order valence-electron chi connectivity index (χ3n) is 5.56. The Labute approximate surface area is 203 Å². The molecule has 0 aliphatic heterocycles. The summed E-state index contributed by atoms with van der Waals surface area (Å²) in [7, 11) is 0. The van der Waals surface area contributed by atoms with Gasteiger partial charge in [0, 0.05) is 19.4 Å². The summed E-state index contributed by atoms with van der Waals surface area (Å²) >= 11 is 0. The number of esters is 2. The summed E-state index contributed by atoms with van der Waals surface area (Å²) in [5.74, 6) is -0.149. The van der Waals surface area contributed by atoms with Crippen molar-refractivity contribution in [1.82, 2.24) is 4.90 Å². The Morgan fingerprint density at radius 2 is 1.21 bits per heavy atom. The van der Waals surface area contributed by atoms with E-state index in [0.717, 1.165) is 103 Å². The van der Waals surface area contributed by atoms with Crippen LogP contribution in [0.2, 0.25) is 0 Å². The number of hydrogen-bond acceptors (Lipinski definition) is 6. The number of hydrogen-bond donors (Lipinski definition) is 1. The van der Waals surface area contributed by atoms with Crippen molar-refractivity contribution in [2.45, 2.75) is 130 Å². The lowest BCUT2D eigenvalue weighted by atomic mass is 10.1. The molecule has 196 valence electrons. The van der Waals surface area contributed by atoms with Crippen molar-refractivity contribution in [3.63, 3.8) is 0 Å². The van der Waals surface area contributed by atoms with E-state index in [2.05, 4.69) is 11.8 Å². The third-order valence-corrected chi connectivity index (χ3v) is 5.56. The molecule has 0 aromatic heterocycles. The summed E-state index contributed by atoms with van der Waals surface area (Å²) in [5.41, 5.74) is -0.394. The van der Waals surface area contributed by atoms with Crippen molar-refractivity contribution in [3.8, 4) is 0 Å². The maximum atomic E-state index is 11.7. The predicted molar refractivity (Wildman–Crippen MR) is 135 cm³/mol. The van der Waals surface area contributed by atoms with Crippen LogP contribution >= 0.6 is 0 Å². The van der Waals surface area contributed by atoms with Gasteiger partial charge in [0.2, 0.25) is 0 Å². The van der Waals surface area contributed by atoms with Crippen LogP contribution in [0.15, 0.2) is 0 Å². The van der Waals surface area contributed by atoms with Crippen molar-refractivity contribution in [2.75, 3.05) is 32.8 Å². The van der Waals surface area contributed by atoms with E-state index >= 15 is 0 Å². The molecule has 6 nitrogen and oxygen atoms in total. The molecule has 0 aromatic rings. The van der Waals surface area contributed by atoms with Crippen molar-refractivity contribution in [3.05, 3.63) is 0 Å². The average Bonchev–Trinajstić information content (AvgIpc) is 2.74. The number of carbonyl (C=O) groups excluding carboxylic acids is 2. The highest BCUT2D eigenvalue weighted by atomic mass is 16.6. The highest BCUT2D eigenvalue weighted by Gasteiger charge is 2.15. The van der Waals surface area contributed by atoms with Crippen LogP contribution < -0.4 is 0 Å². The molecule has 0 spiro atoms. The highest BCUT2D eigenvalue weighted by molar-refractivity contribution is 5.69. The second-order valence-electron chi connectivity index (χ2n) is 10.1. The minimum atomic E-state index is -0.394. The summed E-state index contributed by atoms with van der Waals surface area (Å²) in [4.78, 5) is 25.7. The van der Waals surface area contributed by atoms with Crippen LogP contribution in [0.3, 0.4) is 0 Å². The molecule has 0 atom stereocenters. The van der Waals surface area contributed by atoms with Crippen LogP contribution in [0.4, 0.5) is 0 Å². The molecule has 0 rings (SSSR count). The van der Waals surface area contributed by atoms with Crippen LogP contribution in [0.1, 0.15) is 124 Å². The van der Waals surface area contributed by atoms with Gasteiger partial charge in [-0.05, 0) is 66.0 Å². The summed E-state index contributed by atoms with van der Waals surface area (Å²) in [6.45, 7) is 11.4. The zero-order valence-corrected chi connectivity index (χ0v) is 22.2. The molecule has 0 aliphatic rings. The van der Waals surface area contributed by atoms with Crippen molar-refractivity contribution in [1.29, 1.82) is 0 Å². The first kappa shape index (κ1) is 31.9. The van der Waals surface area contributed by atoms with Crippen LogP contribution in [-0.2, 0) is 19.1 Å². The Balaban J connectivity index is 3.63. The number of carbonyl (C=O) groups is 2. The van der Waals surface area contributed by atoms with Crippen LogP contribution in [0.5, 0.6) is 0 Å². The molecule has 0 aliphatic carbocycles. The highest BCUT2D eigenvalue weighted by Crippen LogP contribution is 2.12. The normalized spacial score (nSPS) is 11.7. The molecular weight excluding hydrogens is 418 g/mol. The summed E-state index contributed by atoms with van der Waals surface area (Å²) in [6, 6.07) is 0. The quantitative estimate of drug-likeness (QED) is 0.153. The van der Waals surface area contributed by atoms with Gasteiger partial charge in [0.25, 0.3) is 0 Å². The van der Waals surface area contributed by atoms with Gasteiger partial charge in [0.05, 0.1) is 13.2 Å². The maximum absolute atomic E-state index is 11.7. The zero-order valence-electron chi connectivity index (χ0n) is 22.2. The second-order valence-corrected chi connectivity index (χ2v) is 10.1. The lowest BCUT2D eigenvalue weighted by Gasteiger charge is -2.21. The van der Waals surface area contributed by atoms with Crippen LogP contribution in [-0.4, -0.2) is 60.4 Å². The van der Waals surface area contributed by atoms with Gasteiger partial charge in [0.1, 0.15) is 5.60 Å². The van der Waals surface area contributed by atoms with Gasteiger partial charge in [-0.3, -0.25) is 9.59 Å². The van der Waals surface area contributed by atoms with E-state index in [1.54, 1.807) is 0 Å². The molecule has 0 heterocycles. The van der Waals surface area contributed by atoms with E-state index in [4.69, 9.17) is 9.47 Å². The van der Waals surface area contributed by atoms with Crippen molar-refractivity contribution in [2.24, 2.45) is 0 Å². The van der Waals surface area contributed by atoms with E-state index in [1.807, 2.05) is 20.8 Å². The largest absolute Gasteiger partial charge is 0.466 e. The van der Waals surface area contributed by atoms with Crippen molar-refractivity contribution >= 4 is 11.9 Å². The first-order valence-electron chi connectivity index (χ1n) is 13.5. The minimum absolute atomic E-state index is 0.0509. The first-order chi connectivity index (χ1) is 15.8. The molecule has 0 radical (unpaired) electrons. The van der Waals surface area contributed by atoms with E-state index in [0.29, 0.717) is 19.4 Å². The van der Waals surface area contributed by atoms with Crippen LogP contribution in [0, 0.1) is 0 Å². The lowest BCUT2D eigenvalue weighted by molar-refractivity contribution is -0.155. The minimum Gasteiger partial charge on any atom is -0.466 e. The van der Waals surface area contributed by atoms with Crippen molar-refractivity contribution < 1.29 is 24.2 Å². The van der Waals surface area contributed by atoms with Gasteiger partial charge in [-0.25, -0.2) is 0 Å². The first-order valence-corrected chi connectivity index (χ1v) is 13.5. The molecule has 6 heteroatoms. The molecule has 0 amide bonds. The second kappa shape index (κ2) is 21.4. The predicted octanol–water partition coefficient (Wildman–Crippen LogP) is 6.04. The maximum Gasteiger partial charge on any atom is 0.306 e. The number of rotatable bonds is 22. The van der Waals surface area contributed by atoms with Gasteiger partial charge >= 0.3 is 11.9 Å². The fourth-order valence-corrected chi connectivity index (χ4v) is 3.75. The molecular formula is C27H53NO5. The summed E-state index contributed by atoms with van der Waals surface area (Å²) in [5, 5.41) is 9.33. The molecule has 0 fully saturated rings. The van der Waals surface area contributed by atoms with E-state index in [1.165, 1.54) is 0 Å². The van der Waals surface area contributed by atoms with Gasteiger partial charge in [-0.1, -0.05) is 58.3 Å². The Kier molecular flexibility index (Phi) is 20.7. The molecule has 0 aromatic carbocycles. The standard InChI is InChI=1S/C27H53NO5/c1-5-6-17-24-32-25(30)18-13-9-7-11-15-20-28(22-23-29)21-16-12-8-10-14-19-26(31)33-27(2,3)4/h29H,5-24H2,1-4H3. The topological polar surface area (TPSA) is 76.1 Å². The van der Waals surface area contributed by atoms with Gasteiger partial charge in [-0.15, -0.1) is 0 Å². The number of ether oxygens (including phenoxy) is 2. The Morgan fingerprint density at radius 1 is 0.697 bits per heavy atom. The van der Waals surface area contributed by atoms with Gasteiger partial charge in [-0.2, -0.15) is 0 Å². The zero-order chi connectivity index (χ0) is 24.8. The van der Waals surface area contributed by atoms with E-state index < -0.39 is 5.60 Å². The Morgan fingerprint density at radius 3 is 1.73 bits per heavy atom. The SMILES string of the molecule is CCCCCOC(=O)CCCCCCCN(CCO)CCCCCCCC(=O)OC(C)(C)C. The van der Waals surface area contributed by atoms with E-state index in [-0.39, 0.29) is 18.5 Å². The van der Waals surface area contributed by atoms with Gasteiger partial charge < -0.3 is 19.5 Å². The number of unbranched alkanes of at least 4 members (excludes halogenated alkanes) is 10.